The number of anilines is 1. The van der Waals surface area contributed by atoms with Gasteiger partial charge in [0.05, 0.1) is 13.2 Å². The molecule has 1 unspecified atom stereocenters. The highest BCUT2D eigenvalue weighted by molar-refractivity contribution is 5.96. The molecule has 1 N–H and O–H groups in total. The number of carbonyl (C=O) groups is 2. The fraction of sp³-hybridized carbons (Fsp3) is 0.440. The number of carboxylic acid groups (broad SMARTS) is 1. The van der Waals surface area contributed by atoms with E-state index in [9.17, 15) is 22.4 Å². The van der Waals surface area contributed by atoms with E-state index in [4.69, 9.17) is 14.6 Å². The van der Waals surface area contributed by atoms with Gasteiger partial charge in [-0.2, -0.15) is 13.2 Å². The average molecular weight is 497 g/mol. The fourth-order valence-corrected chi connectivity index (χ4v) is 4.38. The first-order valence-corrected chi connectivity index (χ1v) is 11.1. The Morgan fingerprint density at radius 3 is 2.40 bits per heavy atom. The van der Waals surface area contributed by atoms with E-state index >= 15 is 0 Å². The Kier molecular flexibility index (Phi) is 8.17. The van der Waals surface area contributed by atoms with Gasteiger partial charge in [-0.05, 0) is 49.2 Å². The Hall–Kier alpha value is -2.98. The summed E-state index contributed by atoms with van der Waals surface area (Å²) in [4.78, 5) is 25.9. The highest BCUT2D eigenvalue weighted by Gasteiger charge is 2.46. The molecule has 2 aromatic rings. The van der Waals surface area contributed by atoms with Crippen molar-refractivity contribution in [3.05, 3.63) is 65.0 Å². The topological polar surface area (TPSA) is 70.1 Å². The van der Waals surface area contributed by atoms with Crippen LogP contribution >= 0.6 is 0 Å². The third-order valence-electron chi connectivity index (χ3n) is 6.12. The molecule has 6 nitrogen and oxygen atoms in total. The van der Waals surface area contributed by atoms with Crippen LogP contribution < -0.4 is 4.90 Å². The Bertz CT molecular complexity index is 1060. The number of aryl methyl sites for hydroxylation is 2. The molecule has 2 aliphatic rings. The van der Waals surface area contributed by atoms with Crippen LogP contribution in [-0.4, -0.2) is 60.9 Å². The van der Waals surface area contributed by atoms with Gasteiger partial charge in [-0.3, -0.25) is 9.69 Å². The van der Waals surface area contributed by atoms with Crippen molar-refractivity contribution in [1.29, 1.82) is 0 Å². The normalized spacial score (nSPS) is 21.0. The van der Waals surface area contributed by atoms with Crippen LogP contribution in [0.5, 0.6) is 0 Å². The molecular weight excluding hydrogens is 468 g/mol. The van der Waals surface area contributed by atoms with Gasteiger partial charge in [0.2, 0.25) is 5.91 Å². The largest absolute Gasteiger partial charge is 0.490 e. The second kappa shape index (κ2) is 10.7. The molecule has 1 spiro atoms. The number of amides is 1. The maximum absolute atomic E-state index is 13.3. The Morgan fingerprint density at radius 1 is 1.11 bits per heavy atom. The molecule has 0 saturated carbocycles. The molecule has 0 aliphatic carbocycles. The van der Waals surface area contributed by atoms with Crippen LogP contribution in [0.1, 0.15) is 23.1 Å². The summed E-state index contributed by atoms with van der Waals surface area (Å²) in [6.07, 6.45) is -4.62. The molecule has 1 atom stereocenters. The van der Waals surface area contributed by atoms with Gasteiger partial charge in [0, 0.05) is 43.7 Å². The van der Waals surface area contributed by atoms with Crippen molar-refractivity contribution in [3.8, 4) is 0 Å². The van der Waals surface area contributed by atoms with E-state index in [0.29, 0.717) is 26.2 Å². The molecule has 2 aromatic carbocycles. The number of alkyl halides is 3. The van der Waals surface area contributed by atoms with Crippen molar-refractivity contribution in [3.63, 3.8) is 0 Å². The van der Waals surface area contributed by atoms with Crippen LogP contribution in [0.3, 0.4) is 0 Å². The zero-order valence-electron chi connectivity index (χ0n) is 19.6. The summed E-state index contributed by atoms with van der Waals surface area (Å²) in [6, 6.07) is 12.7. The van der Waals surface area contributed by atoms with Crippen LogP contribution in [-0.2, 0) is 20.9 Å². The predicted octanol–water partition coefficient (Wildman–Crippen LogP) is 4.33. The average Bonchev–Trinajstić information content (AvgIpc) is 2.96. The van der Waals surface area contributed by atoms with E-state index in [1.165, 1.54) is 28.8 Å². The van der Waals surface area contributed by atoms with Crippen molar-refractivity contribution < 1.29 is 37.0 Å². The minimum atomic E-state index is -5.08. The molecule has 2 heterocycles. The van der Waals surface area contributed by atoms with Crippen molar-refractivity contribution in [2.45, 2.75) is 33.0 Å². The summed E-state index contributed by atoms with van der Waals surface area (Å²) in [6.45, 7) is 8.69. The maximum Gasteiger partial charge on any atom is 0.490 e. The Labute approximate surface area is 201 Å². The third-order valence-corrected chi connectivity index (χ3v) is 6.12. The van der Waals surface area contributed by atoms with E-state index in [0.717, 1.165) is 25.3 Å². The number of carboxylic acids is 1. The first-order valence-electron chi connectivity index (χ1n) is 11.1. The highest BCUT2D eigenvalue weighted by atomic mass is 19.4. The number of hydrogen-bond donors (Lipinski definition) is 1. The lowest BCUT2D eigenvalue weighted by Crippen LogP contribution is -2.40. The first kappa shape index (κ1) is 26.6. The molecular formula is C25H28F4N2O4. The summed E-state index contributed by atoms with van der Waals surface area (Å²) in [7, 11) is 0. The molecule has 2 aliphatic heterocycles. The lowest BCUT2D eigenvalue weighted by molar-refractivity contribution is -0.192. The predicted molar refractivity (Wildman–Crippen MR) is 122 cm³/mol. The van der Waals surface area contributed by atoms with E-state index < -0.39 is 12.1 Å². The van der Waals surface area contributed by atoms with Crippen LogP contribution in [0.2, 0.25) is 0 Å². The zero-order valence-corrected chi connectivity index (χ0v) is 19.6. The fourth-order valence-electron chi connectivity index (χ4n) is 4.38. The minimum absolute atomic E-state index is 0.0868. The highest BCUT2D eigenvalue weighted by Crippen LogP contribution is 2.37. The van der Waals surface area contributed by atoms with Crippen LogP contribution in [0.4, 0.5) is 23.2 Å². The number of ether oxygens (including phenoxy) is 1. The lowest BCUT2D eigenvalue weighted by atomic mass is 9.87. The minimum Gasteiger partial charge on any atom is -0.475 e. The monoisotopic (exact) mass is 496 g/mol. The lowest BCUT2D eigenvalue weighted by Gasteiger charge is -2.31. The summed E-state index contributed by atoms with van der Waals surface area (Å²) in [5.74, 6) is -2.96. The summed E-state index contributed by atoms with van der Waals surface area (Å²) >= 11 is 0. The first-order chi connectivity index (χ1) is 16.4. The Balaban J connectivity index is 0.000000429. The Morgan fingerprint density at radius 2 is 1.77 bits per heavy atom. The molecule has 35 heavy (non-hydrogen) atoms. The smallest absolute Gasteiger partial charge is 0.475 e. The number of carbonyl (C=O) groups excluding carboxylic acids is 1. The molecule has 0 bridgehead atoms. The van der Waals surface area contributed by atoms with Crippen molar-refractivity contribution in [2.75, 3.05) is 37.7 Å². The van der Waals surface area contributed by atoms with Crippen LogP contribution in [0.25, 0.3) is 0 Å². The molecule has 1 amide bonds. The number of rotatable bonds is 3. The second-order valence-corrected chi connectivity index (χ2v) is 9.13. The number of aliphatic carboxylic acids is 1. The van der Waals surface area contributed by atoms with Crippen LogP contribution in [0, 0.1) is 25.1 Å². The third kappa shape index (κ3) is 7.02. The van der Waals surface area contributed by atoms with E-state index in [2.05, 4.69) is 36.9 Å². The van der Waals surface area contributed by atoms with E-state index in [1.54, 1.807) is 17.0 Å². The molecule has 2 saturated heterocycles. The van der Waals surface area contributed by atoms with Crippen molar-refractivity contribution in [1.82, 2.24) is 4.90 Å². The zero-order chi connectivity index (χ0) is 25.8. The van der Waals surface area contributed by atoms with Crippen molar-refractivity contribution >= 4 is 17.6 Å². The summed E-state index contributed by atoms with van der Waals surface area (Å²) in [5, 5.41) is 7.12. The molecule has 0 radical (unpaired) electrons. The van der Waals surface area contributed by atoms with Gasteiger partial charge in [0.1, 0.15) is 5.82 Å². The van der Waals surface area contributed by atoms with E-state index in [1.807, 2.05) is 0 Å². The summed E-state index contributed by atoms with van der Waals surface area (Å²) in [5.41, 5.74) is 4.42. The quantitative estimate of drug-likeness (QED) is 0.641. The summed E-state index contributed by atoms with van der Waals surface area (Å²) < 4.78 is 50.9. The maximum atomic E-state index is 13.3. The standard InChI is InChI=1S/C23H27FN2O2.C2HF3O2/c1-17-3-4-18(2)19(11-17)13-25-9-10-28-16-23(14-25)12-22(27)26(15-23)21-7-5-20(24)6-8-21;3-2(4,5)1(6)7/h3-8,11H,9-10,12-16H2,1-2H3;(H,6,7). The number of hydrogen-bond acceptors (Lipinski definition) is 4. The van der Waals surface area contributed by atoms with Gasteiger partial charge in [0.15, 0.2) is 0 Å². The van der Waals surface area contributed by atoms with E-state index in [-0.39, 0.29) is 17.1 Å². The molecule has 190 valence electrons. The second-order valence-electron chi connectivity index (χ2n) is 9.13. The van der Waals surface area contributed by atoms with Gasteiger partial charge in [0.25, 0.3) is 0 Å². The number of nitrogens with zero attached hydrogens (tertiary/aromatic N) is 2. The molecule has 4 rings (SSSR count). The number of halogens is 4. The van der Waals surface area contributed by atoms with Crippen molar-refractivity contribution in [2.24, 2.45) is 5.41 Å². The molecule has 0 aromatic heterocycles. The van der Waals surface area contributed by atoms with Gasteiger partial charge in [-0.15, -0.1) is 0 Å². The van der Waals surface area contributed by atoms with Crippen LogP contribution in [0.15, 0.2) is 42.5 Å². The number of benzene rings is 2. The van der Waals surface area contributed by atoms with Gasteiger partial charge in [-0.25, -0.2) is 9.18 Å². The van der Waals surface area contributed by atoms with Gasteiger partial charge < -0.3 is 14.7 Å². The molecule has 10 heteroatoms. The van der Waals surface area contributed by atoms with Gasteiger partial charge >= 0.3 is 12.1 Å². The SMILES string of the molecule is Cc1ccc(C)c(CN2CCOCC3(CC(=O)N(c4ccc(F)cc4)C3)C2)c1.O=C(O)C(F)(F)F. The van der Waals surface area contributed by atoms with Gasteiger partial charge in [-0.1, -0.05) is 23.8 Å². The molecule has 2 fully saturated rings.